The molecule has 4 heteroatoms. The maximum absolute atomic E-state index is 9.64. The van der Waals surface area contributed by atoms with Crippen molar-refractivity contribution in [2.75, 3.05) is 25.1 Å². The van der Waals surface area contributed by atoms with Gasteiger partial charge in [0, 0.05) is 22.7 Å². The minimum atomic E-state index is 0.227. The minimum absolute atomic E-state index is 0.227. The Kier molecular flexibility index (Phi) is 4.87. The number of rotatable bonds is 4. The van der Waals surface area contributed by atoms with Crippen molar-refractivity contribution in [2.45, 2.75) is 32.4 Å². The molecule has 19 heavy (non-hydrogen) atoms. The van der Waals surface area contributed by atoms with Crippen molar-refractivity contribution in [1.82, 2.24) is 5.32 Å². The van der Waals surface area contributed by atoms with Gasteiger partial charge < -0.3 is 15.3 Å². The number of hydrogen-bond acceptors (Lipinski definition) is 3. The summed E-state index contributed by atoms with van der Waals surface area (Å²) in [6.45, 7) is 5.64. The van der Waals surface area contributed by atoms with Crippen LogP contribution in [0.25, 0.3) is 0 Å². The minimum Gasteiger partial charge on any atom is -0.394 e. The second-order valence-electron chi connectivity index (χ2n) is 5.42. The predicted molar refractivity (Wildman–Crippen MR) is 83.6 cm³/mol. The van der Waals surface area contributed by atoms with Crippen LogP contribution in [0.4, 0.5) is 5.69 Å². The van der Waals surface area contributed by atoms with Crippen LogP contribution in [-0.2, 0) is 0 Å². The zero-order chi connectivity index (χ0) is 14.0. The van der Waals surface area contributed by atoms with Crippen molar-refractivity contribution in [2.24, 2.45) is 5.92 Å². The van der Waals surface area contributed by atoms with E-state index in [1.165, 1.54) is 11.3 Å². The number of aliphatic hydroxyl groups is 1. The quantitative estimate of drug-likeness (QED) is 0.893. The third-order valence-electron chi connectivity index (χ3n) is 4.27. The van der Waals surface area contributed by atoms with E-state index in [2.05, 4.69) is 58.2 Å². The van der Waals surface area contributed by atoms with Crippen LogP contribution < -0.4 is 10.2 Å². The van der Waals surface area contributed by atoms with Gasteiger partial charge in [-0.2, -0.15) is 0 Å². The molecule has 3 nitrogen and oxygen atoms in total. The van der Waals surface area contributed by atoms with E-state index in [1.807, 2.05) is 7.05 Å². The van der Waals surface area contributed by atoms with Gasteiger partial charge in [0.2, 0.25) is 0 Å². The first-order chi connectivity index (χ1) is 9.08. The summed E-state index contributed by atoms with van der Waals surface area (Å²) in [6.07, 6.45) is 1.15. The molecule has 0 aromatic heterocycles. The zero-order valence-electron chi connectivity index (χ0n) is 11.9. The highest BCUT2D eigenvalue weighted by molar-refractivity contribution is 9.10. The standard InChI is InChI=1S/C15H23BrN2O/c1-10-6-7-18(15(10)9-19)14-5-4-12(16)8-13(14)11(2)17-3/h4-5,8,10-11,15,17,19H,6-7,9H2,1-3H3. The summed E-state index contributed by atoms with van der Waals surface area (Å²) in [7, 11) is 1.98. The normalized spacial score (nSPS) is 24.8. The molecule has 3 atom stereocenters. The summed E-state index contributed by atoms with van der Waals surface area (Å²) in [5.74, 6) is 0.548. The van der Waals surface area contributed by atoms with E-state index >= 15 is 0 Å². The highest BCUT2D eigenvalue weighted by Gasteiger charge is 2.32. The topological polar surface area (TPSA) is 35.5 Å². The molecule has 0 radical (unpaired) electrons. The summed E-state index contributed by atoms with van der Waals surface area (Å²) in [5, 5.41) is 12.9. The van der Waals surface area contributed by atoms with E-state index < -0.39 is 0 Å². The van der Waals surface area contributed by atoms with E-state index in [4.69, 9.17) is 0 Å². The average molecular weight is 327 g/mol. The lowest BCUT2D eigenvalue weighted by molar-refractivity contribution is 0.244. The summed E-state index contributed by atoms with van der Waals surface area (Å²) in [5.41, 5.74) is 2.53. The summed E-state index contributed by atoms with van der Waals surface area (Å²) in [6, 6.07) is 6.95. The Hall–Kier alpha value is -0.580. The van der Waals surface area contributed by atoms with E-state index in [-0.39, 0.29) is 12.6 Å². The Morgan fingerprint density at radius 3 is 2.89 bits per heavy atom. The molecule has 0 aliphatic carbocycles. The fourth-order valence-electron chi connectivity index (χ4n) is 2.87. The van der Waals surface area contributed by atoms with Crippen molar-refractivity contribution in [3.63, 3.8) is 0 Å². The molecule has 0 bridgehead atoms. The molecule has 0 amide bonds. The second kappa shape index (κ2) is 6.25. The molecule has 1 heterocycles. The SMILES string of the molecule is CNC(C)c1cc(Br)ccc1N1CCC(C)C1CO. The lowest BCUT2D eigenvalue weighted by atomic mass is 10.0. The largest absolute Gasteiger partial charge is 0.394 e. The lowest BCUT2D eigenvalue weighted by Crippen LogP contribution is -2.36. The highest BCUT2D eigenvalue weighted by Crippen LogP contribution is 2.35. The lowest BCUT2D eigenvalue weighted by Gasteiger charge is -2.31. The second-order valence-corrected chi connectivity index (χ2v) is 6.34. The molecule has 1 aromatic rings. The first kappa shape index (κ1) is 14.8. The predicted octanol–water partition coefficient (Wildman–Crippen LogP) is 2.94. The number of benzene rings is 1. The fourth-order valence-corrected chi connectivity index (χ4v) is 3.25. The van der Waals surface area contributed by atoms with Gasteiger partial charge in [-0.15, -0.1) is 0 Å². The Morgan fingerprint density at radius 1 is 1.53 bits per heavy atom. The molecule has 2 N–H and O–H groups in total. The third kappa shape index (κ3) is 2.96. The van der Waals surface area contributed by atoms with Gasteiger partial charge in [0.25, 0.3) is 0 Å². The molecule has 2 rings (SSSR count). The van der Waals surface area contributed by atoms with Crippen LogP contribution >= 0.6 is 15.9 Å². The van der Waals surface area contributed by atoms with E-state index in [1.54, 1.807) is 0 Å². The number of hydrogen-bond donors (Lipinski definition) is 2. The van der Waals surface area contributed by atoms with Gasteiger partial charge in [-0.3, -0.25) is 0 Å². The molecule has 1 fully saturated rings. The Bertz CT molecular complexity index is 438. The van der Waals surface area contributed by atoms with E-state index in [0.29, 0.717) is 12.0 Å². The third-order valence-corrected chi connectivity index (χ3v) is 4.76. The van der Waals surface area contributed by atoms with Crippen LogP contribution in [0.5, 0.6) is 0 Å². The van der Waals surface area contributed by atoms with Gasteiger partial charge in [0.05, 0.1) is 12.6 Å². The maximum atomic E-state index is 9.64. The number of nitrogens with zero attached hydrogens (tertiary/aromatic N) is 1. The first-order valence-electron chi connectivity index (χ1n) is 6.92. The summed E-state index contributed by atoms with van der Waals surface area (Å²) in [4.78, 5) is 2.36. The van der Waals surface area contributed by atoms with Gasteiger partial charge in [-0.05, 0) is 50.1 Å². The number of nitrogens with one attached hydrogen (secondary N) is 1. The van der Waals surface area contributed by atoms with Crippen LogP contribution in [0.2, 0.25) is 0 Å². The molecule has 1 aliphatic heterocycles. The summed E-state index contributed by atoms with van der Waals surface area (Å²) >= 11 is 3.55. The molecule has 1 aromatic carbocycles. The Labute approximate surface area is 124 Å². The van der Waals surface area contributed by atoms with Crippen molar-refractivity contribution in [3.8, 4) is 0 Å². The van der Waals surface area contributed by atoms with Gasteiger partial charge in [-0.1, -0.05) is 22.9 Å². The molecule has 0 saturated carbocycles. The van der Waals surface area contributed by atoms with Gasteiger partial charge in [-0.25, -0.2) is 0 Å². The van der Waals surface area contributed by atoms with Gasteiger partial charge in [0.1, 0.15) is 0 Å². The van der Waals surface area contributed by atoms with Crippen LogP contribution in [0.3, 0.4) is 0 Å². The van der Waals surface area contributed by atoms with Gasteiger partial charge in [0.15, 0.2) is 0 Å². The average Bonchev–Trinajstić information content (AvgIpc) is 2.78. The molecule has 106 valence electrons. The molecular formula is C15H23BrN2O. The Balaban J connectivity index is 2.38. The Morgan fingerprint density at radius 2 is 2.26 bits per heavy atom. The smallest absolute Gasteiger partial charge is 0.0637 e. The van der Waals surface area contributed by atoms with Crippen molar-refractivity contribution >= 4 is 21.6 Å². The fraction of sp³-hybridized carbons (Fsp3) is 0.600. The molecule has 3 unspecified atom stereocenters. The molecule has 1 saturated heterocycles. The number of halogens is 1. The van der Waals surface area contributed by atoms with E-state index in [0.717, 1.165) is 17.4 Å². The van der Waals surface area contributed by atoms with Crippen LogP contribution in [0, 0.1) is 5.92 Å². The summed E-state index contributed by atoms with van der Waals surface area (Å²) < 4.78 is 1.10. The molecule has 0 spiro atoms. The van der Waals surface area contributed by atoms with Crippen molar-refractivity contribution in [3.05, 3.63) is 28.2 Å². The van der Waals surface area contributed by atoms with Gasteiger partial charge >= 0.3 is 0 Å². The van der Waals surface area contributed by atoms with Crippen LogP contribution in [0.1, 0.15) is 31.9 Å². The first-order valence-corrected chi connectivity index (χ1v) is 7.72. The van der Waals surface area contributed by atoms with Crippen molar-refractivity contribution in [1.29, 1.82) is 0 Å². The zero-order valence-corrected chi connectivity index (χ0v) is 13.4. The van der Waals surface area contributed by atoms with Crippen LogP contribution in [-0.4, -0.2) is 31.3 Å². The highest BCUT2D eigenvalue weighted by atomic mass is 79.9. The number of aliphatic hydroxyl groups excluding tert-OH is 1. The maximum Gasteiger partial charge on any atom is 0.0637 e. The molecular weight excluding hydrogens is 304 g/mol. The van der Waals surface area contributed by atoms with Crippen molar-refractivity contribution < 1.29 is 5.11 Å². The molecule has 1 aliphatic rings. The number of anilines is 1. The van der Waals surface area contributed by atoms with Crippen LogP contribution in [0.15, 0.2) is 22.7 Å². The monoisotopic (exact) mass is 326 g/mol. The van der Waals surface area contributed by atoms with E-state index in [9.17, 15) is 5.11 Å².